The summed E-state index contributed by atoms with van der Waals surface area (Å²) in [6, 6.07) is 11.9. The van der Waals surface area contributed by atoms with Gasteiger partial charge in [0.15, 0.2) is 0 Å². The molecule has 1 aliphatic rings. The van der Waals surface area contributed by atoms with Gasteiger partial charge in [0.25, 0.3) is 0 Å². The van der Waals surface area contributed by atoms with Crippen LogP contribution in [0.5, 0.6) is 11.5 Å². The van der Waals surface area contributed by atoms with E-state index in [1.54, 1.807) is 19.2 Å². The molecule has 1 saturated heterocycles. The number of nitrogens with zero attached hydrogens (tertiary/aromatic N) is 1. The second-order valence-corrected chi connectivity index (χ2v) is 9.07. The Morgan fingerprint density at radius 1 is 1.10 bits per heavy atom. The number of rotatable bonds is 8. The van der Waals surface area contributed by atoms with Crippen LogP contribution in [0.1, 0.15) is 31.7 Å². The molecule has 3 rings (SSSR count). The van der Waals surface area contributed by atoms with Crippen LogP contribution in [0.4, 0.5) is 5.69 Å². The second kappa shape index (κ2) is 9.95. The van der Waals surface area contributed by atoms with Crippen LogP contribution in [-0.4, -0.2) is 45.4 Å². The zero-order valence-corrected chi connectivity index (χ0v) is 18.2. The minimum absolute atomic E-state index is 0.131. The molecule has 7 nitrogen and oxygen atoms in total. The number of carbonyl (C=O) groups is 1. The molecule has 0 unspecified atom stereocenters. The van der Waals surface area contributed by atoms with E-state index in [1.807, 2.05) is 25.1 Å². The zero-order chi connectivity index (χ0) is 21.6. The predicted molar refractivity (Wildman–Crippen MR) is 116 cm³/mol. The van der Waals surface area contributed by atoms with Gasteiger partial charge in [-0.05, 0) is 55.7 Å². The van der Waals surface area contributed by atoms with Gasteiger partial charge in [-0.25, -0.2) is 8.42 Å². The van der Waals surface area contributed by atoms with E-state index >= 15 is 0 Å². The first-order valence-corrected chi connectivity index (χ1v) is 11.6. The van der Waals surface area contributed by atoms with Gasteiger partial charge in [0.1, 0.15) is 11.5 Å². The molecule has 1 fully saturated rings. The number of methoxy groups -OCH3 is 1. The highest BCUT2D eigenvalue weighted by atomic mass is 32.2. The highest BCUT2D eigenvalue weighted by molar-refractivity contribution is 7.89. The van der Waals surface area contributed by atoms with Crippen LogP contribution in [0.2, 0.25) is 0 Å². The standard InChI is InChI=1S/C22H28N2O5S/c1-3-29-21-11-10-19(30(26,27)24-12-5-4-6-13-24)16-20(21)23-22(25)15-17-8-7-9-18(14-17)28-2/h7-11,14,16H,3-6,12-13,15H2,1-2H3,(H,23,25). The van der Waals surface area contributed by atoms with Gasteiger partial charge in [0.05, 0.1) is 30.7 Å². The summed E-state index contributed by atoms with van der Waals surface area (Å²) in [4.78, 5) is 12.8. The van der Waals surface area contributed by atoms with Gasteiger partial charge in [-0.1, -0.05) is 18.6 Å². The van der Waals surface area contributed by atoms with E-state index in [4.69, 9.17) is 9.47 Å². The lowest BCUT2D eigenvalue weighted by Gasteiger charge is -2.26. The molecule has 0 aromatic heterocycles. The Morgan fingerprint density at radius 2 is 1.87 bits per heavy atom. The molecule has 1 aliphatic heterocycles. The van der Waals surface area contributed by atoms with E-state index in [-0.39, 0.29) is 17.2 Å². The Hall–Kier alpha value is -2.58. The van der Waals surface area contributed by atoms with Crippen molar-refractivity contribution in [1.29, 1.82) is 0 Å². The SMILES string of the molecule is CCOc1ccc(S(=O)(=O)N2CCCCC2)cc1NC(=O)Cc1cccc(OC)c1. The maximum Gasteiger partial charge on any atom is 0.243 e. The second-order valence-electron chi connectivity index (χ2n) is 7.13. The van der Waals surface area contributed by atoms with Crippen LogP contribution in [0.25, 0.3) is 0 Å². The van der Waals surface area contributed by atoms with Crippen LogP contribution >= 0.6 is 0 Å². The van der Waals surface area contributed by atoms with Crippen LogP contribution in [0.3, 0.4) is 0 Å². The summed E-state index contributed by atoms with van der Waals surface area (Å²) in [5.41, 5.74) is 1.14. The normalized spacial score (nSPS) is 14.9. The van der Waals surface area contributed by atoms with Gasteiger partial charge < -0.3 is 14.8 Å². The number of benzene rings is 2. The third-order valence-electron chi connectivity index (χ3n) is 4.98. The van der Waals surface area contributed by atoms with Gasteiger partial charge in [0, 0.05) is 13.1 Å². The van der Waals surface area contributed by atoms with E-state index < -0.39 is 10.0 Å². The highest BCUT2D eigenvalue weighted by Crippen LogP contribution is 2.30. The summed E-state index contributed by atoms with van der Waals surface area (Å²) in [6.45, 7) is 3.28. The monoisotopic (exact) mass is 432 g/mol. The number of carbonyl (C=O) groups excluding carboxylic acids is 1. The Labute approximate surface area is 178 Å². The third-order valence-corrected chi connectivity index (χ3v) is 6.87. The number of sulfonamides is 1. The lowest BCUT2D eigenvalue weighted by Crippen LogP contribution is -2.35. The molecule has 8 heteroatoms. The fourth-order valence-electron chi connectivity index (χ4n) is 3.47. The van der Waals surface area contributed by atoms with Gasteiger partial charge in [-0.3, -0.25) is 4.79 Å². The average molecular weight is 433 g/mol. The number of ether oxygens (including phenoxy) is 2. The number of anilines is 1. The molecule has 0 saturated carbocycles. The number of amides is 1. The number of nitrogens with one attached hydrogen (secondary N) is 1. The van der Waals surface area contributed by atoms with Crippen molar-refractivity contribution in [2.75, 3.05) is 32.1 Å². The van der Waals surface area contributed by atoms with Gasteiger partial charge in [-0.15, -0.1) is 0 Å². The Bertz CT molecular complexity index is 985. The van der Waals surface area contributed by atoms with E-state index in [9.17, 15) is 13.2 Å². The van der Waals surface area contributed by atoms with Crippen molar-refractivity contribution in [1.82, 2.24) is 4.31 Å². The summed E-state index contributed by atoms with van der Waals surface area (Å²) < 4.78 is 38.3. The van der Waals surface area contributed by atoms with E-state index in [0.29, 0.717) is 36.9 Å². The lowest BCUT2D eigenvalue weighted by atomic mass is 10.1. The molecule has 1 N–H and O–H groups in total. The predicted octanol–water partition coefficient (Wildman–Crippen LogP) is 3.45. The molecule has 2 aromatic carbocycles. The van der Waals surface area contributed by atoms with E-state index in [2.05, 4.69) is 5.32 Å². The number of hydrogen-bond acceptors (Lipinski definition) is 5. The molecule has 0 spiro atoms. The maximum atomic E-state index is 13.0. The van der Waals surface area contributed by atoms with Crippen molar-refractivity contribution in [2.45, 2.75) is 37.5 Å². The molecular formula is C22H28N2O5S. The minimum atomic E-state index is -3.61. The van der Waals surface area contributed by atoms with Crippen LogP contribution < -0.4 is 14.8 Å². The minimum Gasteiger partial charge on any atom is -0.497 e. The Balaban J connectivity index is 1.82. The molecular weight excluding hydrogens is 404 g/mol. The summed E-state index contributed by atoms with van der Waals surface area (Å²) in [5, 5.41) is 2.81. The molecule has 162 valence electrons. The Morgan fingerprint density at radius 3 is 2.57 bits per heavy atom. The average Bonchev–Trinajstić information content (AvgIpc) is 2.75. The number of piperidine rings is 1. The smallest absolute Gasteiger partial charge is 0.243 e. The molecule has 30 heavy (non-hydrogen) atoms. The topological polar surface area (TPSA) is 84.9 Å². The van der Waals surface area contributed by atoms with Gasteiger partial charge in [0.2, 0.25) is 15.9 Å². The summed E-state index contributed by atoms with van der Waals surface area (Å²) in [7, 11) is -2.04. The van der Waals surface area contributed by atoms with Gasteiger partial charge >= 0.3 is 0 Å². The van der Waals surface area contributed by atoms with Crippen LogP contribution in [0.15, 0.2) is 47.4 Å². The highest BCUT2D eigenvalue weighted by Gasteiger charge is 2.27. The van der Waals surface area contributed by atoms with Crippen molar-refractivity contribution in [3.8, 4) is 11.5 Å². The molecule has 0 atom stereocenters. The van der Waals surface area contributed by atoms with Crippen molar-refractivity contribution < 1.29 is 22.7 Å². The summed E-state index contributed by atoms with van der Waals surface area (Å²) >= 11 is 0. The zero-order valence-electron chi connectivity index (χ0n) is 17.4. The van der Waals surface area contributed by atoms with Crippen molar-refractivity contribution in [3.63, 3.8) is 0 Å². The quantitative estimate of drug-likeness (QED) is 0.691. The first kappa shape index (κ1) is 22.1. The maximum absolute atomic E-state index is 13.0. The van der Waals surface area contributed by atoms with Gasteiger partial charge in [-0.2, -0.15) is 4.31 Å². The third kappa shape index (κ3) is 5.31. The fraction of sp³-hybridized carbons (Fsp3) is 0.409. The molecule has 0 radical (unpaired) electrons. The molecule has 0 bridgehead atoms. The first-order chi connectivity index (χ1) is 14.4. The molecule has 1 heterocycles. The van der Waals surface area contributed by atoms with Crippen molar-refractivity contribution >= 4 is 21.6 Å². The van der Waals surface area contributed by atoms with Crippen LogP contribution in [0, 0.1) is 0 Å². The lowest BCUT2D eigenvalue weighted by molar-refractivity contribution is -0.115. The van der Waals surface area contributed by atoms with E-state index in [0.717, 1.165) is 24.8 Å². The molecule has 2 aromatic rings. The molecule has 0 aliphatic carbocycles. The van der Waals surface area contributed by atoms with Crippen molar-refractivity contribution in [2.24, 2.45) is 0 Å². The molecule has 1 amide bonds. The fourth-order valence-corrected chi connectivity index (χ4v) is 5.01. The summed E-state index contributed by atoms with van der Waals surface area (Å²) in [6.07, 6.45) is 2.90. The number of hydrogen-bond donors (Lipinski definition) is 1. The summed E-state index contributed by atoms with van der Waals surface area (Å²) in [5.74, 6) is 0.843. The largest absolute Gasteiger partial charge is 0.497 e. The first-order valence-electron chi connectivity index (χ1n) is 10.1. The Kier molecular flexibility index (Phi) is 7.33. The van der Waals surface area contributed by atoms with Crippen molar-refractivity contribution in [3.05, 3.63) is 48.0 Å². The van der Waals surface area contributed by atoms with E-state index in [1.165, 1.54) is 16.4 Å². The van der Waals surface area contributed by atoms with Crippen LogP contribution in [-0.2, 0) is 21.2 Å².